The van der Waals surface area contributed by atoms with Gasteiger partial charge in [-0.2, -0.15) is 0 Å². The Hall–Kier alpha value is -2.82. The standard InChI is InChI=1S/C21H22N2O3/c1-22-14-16(20(24)15-8-4-5-9-17(15)22)21(25)23-12-6-2-3-10-18(23)19-11-7-13-26-19/h4-5,7-9,11,13-14,18H,2-3,6,10,12H2,1H3. The Labute approximate surface area is 151 Å². The fourth-order valence-electron chi connectivity index (χ4n) is 3.88. The Morgan fingerprint density at radius 1 is 1.12 bits per heavy atom. The number of likely N-dealkylation sites (tertiary alicyclic amines) is 1. The van der Waals surface area contributed by atoms with Gasteiger partial charge in [0.1, 0.15) is 11.3 Å². The number of carbonyl (C=O) groups excluding carboxylic acids is 1. The maximum Gasteiger partial charge on any atom is 0.259 e. The van der Waals surface area contributed by atoms with Crippen molar-refractivity contribution >= 4 is 16.8 Å². The quantitative estimate of drug-likeness (QED) is 0.704. The van der Waals surface area contributed by atoms with Gasteiger partial charge in [-0.15, -0.1) is 0 Å². The highest BCUT2D eigenvalue weighted by Gasteiger charge is 2.30. The second-order valence-corrected chi connectivity index (χ2v) is 6.88. The molecule has 1 atom stereocenters. The van der Waals surface area contributed by atoms with Crippen molar-refractivity contribution in [2.75, 3.05) is 6.54 Å². The van der Waals surface area contributed by atoms with E-state index < -0.39 is 0 Å². The number of nitrogens with zero attached hydrogens (tertiary/aromatic N) is 2. The largest absolute Gasteiger partial charge is 0.467 e. The molecule has 1 aliphatic heterocycles. The number of carbonyl (C=O) groups is 1. The Bertz CT molecular complexity index is 988. The van der Waals surface area contributed by atoms with Crippen molar-refractivity contribution in [3.63, 3.8) is 0 Å². The van der Waals surface area contributed by atoms with Crippen LogP contribution in [0.1, 0.15) is 47.8 Å². The second-order valence-electron chi connectivity index (χ2n) is 6.88. The molecule has 0 radical (unpaired) electrons. The molecule has 5 nitrogen and oxygen atoms in total. The van der Waals surface area contributed by atoms with Gasteiger partial charge in [0, 0.05) is 25.2 Å². The van der Waals surface area contributed by atoms with E-state index in [1.54, 1.807) is 18.5 Å². The van der Waals surface area contributed by atoms with Gasteiger partial charge in [0.2, 0.25) is 5.43 Å². The number of furan rings is 1. The van der Waals surface area contributed by atoms with Crippen molar-refractivity contribution in [3.8, 4) is 0 Å². The van der Waals surface area contributed by atoms with Crippen LogP contribution in [0.25, 0.3) is 10.9 Å². The first-order valence-corrected chi connectivity index (χ1v) is 9.09. The Balaban J connectivity index is 1.79. The zero-order valence-corrected chi connectivity index (χ0v) is 14.9. The number of pyridine rings is 1. The number of aromatic nitrogens is 1. The summed E-state index contributed by atoms with van der Waals surface area (Å²) in [6.07, 6.45) is 7.22. The predicted octanol–water partition coefficient (Wildman–Crippen LogP) is 3.89. The monoisotopic (exact) mass is 350 g/mol. The van der Waals surface area contributed by atoms with Crippen LogP contribution >= 0.6 is 0 Å². The van der Waals surface area contributed by atoms with E-state index >= 15 is 0 Å². The first-order chi connectivity index (χ1) is 12.7. The van der Waals surface area contributed by atoms with E-state index in [1.165, 1.54) is 0 Å². The van der Waals surface area contributed by atoms with Gasteiger partial charge in [-0.3, -0.25) is 9.59 Å². The van der Waals surface area contributed by atoms with Gasteiger partial charge in [-0.05, 0) is 37.1 Å². The maximum atomic E-state index is 13.3. The van der Waals surface area contributed by atoms with Crippen LogP contribution in [0.3, 0.4) is 0 Å². The molecule has 1 fully saturated rings. The van der Waals surface area contributed by atoms with Crippen LogP contribution < -0.4 is 5.43 Å². The number of fused-ring (bicyclic) bond motifs is 1. The van der Waals surface area contributed by atoms with E-state index in [0.717, 1.165) is 37.0 Å². The smallest absolute Gasteiger partial charge is 0.259 e. The minimum Gasteiger partial charge on any atom is -0.467 e. The lowest BCUT2D eigenvalue weighted by atomic mass is 10.1. The summed E-state index contributed by atoms with van der Waals surface area (Å²) in [7, 11) is 1.87. The average Bonchev–Trinajstić information content (AvgIpc) is 3.08. The number of aryl methyl sites for hydroxylation is 1. The second kappa shape index (κ2) is 6.83. The van der Waals surface area contributed by atoms with Crippen LogP contribution in [-0.4, -0.2) is 21.9 Å². The molecule has 0 spiro atoms. The molecule has 0 aliphatic carbocycles. The number of hydrogen-bond donors (Lipinski definition) is 0. The van der Waals surface area contributed by atoms with Crippen LogP contribution in [0.15, 0.2) is 58.1 Å². The van der Waals surface area contributed by atoms with Crippen molar-refractivity contribution < 1.29 is 9.21 Å². The summed E-state index contributed by atoms with van der Waals surface area (Å²) in [5.41, 5.74) is 0.850. The van der Waals surface area contributed by atoms with E-state index in [4.69, 9.17) is 4.42 Å². The molecular weight excluding hydrogens is 328 g/mol. The molecule has 2 aromatic heterocycles. The molecule has 4 rings (SSSR count). The van der Waals surface area contributed by atoms with E-state index in [1.807, 2.05) is 46.8 Å². The van der Waals surface area contributed by atoms with Crippen molar-refractivity contribution in [1.82, 2.24) is 9.47 Å². The third-order valence-corrected chi connectivity index (χ3v) is 5.21. The summed E-state index contributed by atoms with van der Waals surface area (Å²) in [5.74, 6) is 0.581. The first-order valence-electron chi connectivity index (χ1n) is 9.09. The minimum atomic E-state index is -0.209. The highest BCUT2D eigenvalue weighted by Crippen LogP contribution is 2.31. The Kier molecular flexibility index (Phi) is 4.37. The highest BCUT2D eigenvalue weighted by atomic mass is 16.3. The number of benzene rings is 1. The van der Waals surface area contributed by atoms with Gasteiger partial charge in [0.25, 0.3) is 5.91 Å². The number of hydrogen-bond acceptors (Lipinski definition) is 3. The Morgan fingerprint density at radius 2 is 1.96 bits per heavy atom. The summed E-state index contributed by atoms with van der Waals surface area (Å²) in [6, 6.07) is 11.0. The van der Waals surface area contributed by atoms with Gasteiger partial charge in [0.05, 0.1) is 17.8 Å². The van der Waals surface area contributed by atoms with Crippen molar-refractivity contribution in [2.45, 2.75) is 31.7 Å². The minimum absolute atomic E-state index is 0.115. The summed E-state index contributed by atoms with van der Waals surface area (Å²) < 4.78 is 7.44. The van der Waals surface area contributed by atoms with Gasteiger partial charge in [-0.25, -0.2) is 0 Å². The van der Waals surface area contributed by atoms with Crippen LogP contribution in [-0.2, 0) is 7.05 Å². The number of amides is 1. The molecule has 134 valence electrons. The summed E-state index contributed by atoms with van der Waals surface area (Å²) >= 11 is 0. The number of rotatable bonds is 2. The molecule has 0 bridgehead atoms. The van der Waals surface area contributed by atoms with E-state index in [2.05, 4.69) is 0 Å². The topological polar surface area (TPSA) is 55.5 Å². The third-order valence-electron chi connectivity index (χ3n) is 5.21. The molecular formula is C21H22N2O3. The molecule has 1 unspecified atom stereocenters. The molecule has 1 aliphatic rings. The van der Waals surface area contributed by atoms with Gasteiger partial charge >= 0.3 is 0 Å². The van der Waals surface area contributed by atoms with Crippen molar-refractivity contribution in [2.24, 2.45) is 7.05 Å². The molecule has 1 aromatic carbocycles. The van der Waals surface area contributed by atoms with E-state index in [-0.39, 0.29) is 22.9 Å². The SMILES string of the molecule is Cn1cc(C(=O)N2CCCCCC2c2ccco2)c(=O)c2ccccc21. The zero-order chi connectivity index (χ0) is 18.1. The lowest BCUT2D eigenvalue weighted by Gasteiger charge is -2.28. The fourth-order valence-corrected chi connectivity index (χ4v) is 3.88. The predicted molar refractivity (Wildman–Crippen MR) is 100 cm³/mol. The van der Waals surface area contributed by atoms with Crippen LogP contribution in [0.5, 0.6) is 0 Å². The molecule has 26 heavy (non-hydrogen) atoms. The average molecular weight is 350 g/mol. The molecule has 5 heteroatoms. The molecule has 1 saturated heterocycles. The van der Waals surface area contributed by atoms with Crippen molar-refractivity contribution in [1.29, 1.82) is 0 Å². The normalized spacial score (nSPS) is 18.0. The first kappa shape index (κ1) is 16.6. The van der Waals surface area contributed by atoms with Crippen LogP contribution in [0, 0.1) is 0 Å². The van der Waals surface area contributed by atoms with E-state index in [0.29, 0.717) is 11.9 Å². The lowest BCUT2D eigenvalue weighted by Crippen LogP contribution is -2.37. The maximum absolute atomic E-state index is 13.3. The van der Waals surface area contributed by atoms with Crippen molar-refractivity contribution in [3.05, 3.63) is 70.4 Å². The lowest BCUT2D eigenvalue weighted by molar-refractivity contribution is 0.0656. The van der Waals surface area contributed by atoms with Crippen LogP contribution in [0.4, 0.5) is 0 Å². The zero-order valence-electron chi connectivity index (χ0n) is 14.9. The molecule has 1 amide bonds. The third kappa shape index (κ3) is 2.83. The summed E-state index contributed by atoms with van der Waals surface area (Å²) in [5, 5.41) is 0.574. The van der Waals surface area contributed by atoms with Gasteiger partial charge in [-0.1, -0.05) is 25.0 Å². The molecule has 0 saturated carbocycles. The molecule has 3 aromatic rings. The molecule has 0 N–H and O–H groups in total. The highest BCUT2D eigenvalue weighted by molar-refractivity contribution is 5.97. The van der Waals surface area contributed by atoms with E-state index in [9.17, 15) is 9.59 Å². The van der Waals surface area contributed by atoms with Crippen LogP contribution in [0.2, 0.25) is 0 Å². The molecule has 3 heterocycles. The summed E-state index contributed by atoms with van der Waals surface area (Å²) in [6.45, 7) is 0.639. The van der Waals surface area contributed by atoms with Gasteiger partial charge < -0.3 is 13.9 Å². The number of para-hydroxylation sites is 1. The fraction of sp³-hybridized carbons (Fsp3) is 0.333. The summed E-state index contributed by atoms with van der Waals surface area (Å²) in [4.78, 5) is 28.1. The Morgan fingerprint density at radius 3 is 2.77 bits per heavy atom. The van der Waals surface area contributed by atoms with Gasteiger partial charge in [0.15, 0.2) is 0 Å².